The molecule has 0 aliphatic carbocycles. The van der Waals surface area contributed by atoms with Gasteiger partial charge >= 0.3 is 0 Å². The van der Waals surface area contributed by atoms with Gasteiger partial charge in [-0.1, -0.05) is 36.5 Å². The SMILES string of the molecule is C=C(C)/C=C/[C@@H](CO)C(=C)C. The Hall–Kier alpha value is -0.820. The first-order chi connectivity index (χ1) is 5.07. The molecular weight excluding hydrogens is 136 g/mol. The van der Waals surface area contributed by atoms with E-state index in [1.165, 1.54) is 0 Å². The van der Waals surface area contributed by atoms with Crippen LogP contribution in [0.1, 0.15) is 13.8 Å². The molecule has 0 aromatic heterocycles. The lowest BCUT2D eigenvalue weighted by Crippen LogP contribution is -2.02. The average molecular weight is 152 g/mol. The molecule has 0 unspecified atom stereocenters. The van der Waals surface area contributed by atoms with Crippen LogP contribution in [-0.2, 0) is 0 Å². The number of hydrogen-bond acceptors (Lipinski definition) is 1. The Bertz CT molecular complexity index is 177. The van der Waals surface area contributed by atoms with Gasteiger partial charge in [0.1, 0.15) is 0 Å². The normalized spacial score (nSPS) is 13.4. The maximum absolute atomic E-state index is 8.87. The highest BCUT2D eigenvalue weighted by Gasteiger charge is 2.01. The van der Waals surface area contributed by atoms with Crippen LogP contribution in [0, 0.1) is 5.92 Å². The summed E-state index contributed by atoms with van der Waals surface area (Å²) >= 11 is 0. The van der Waals surface area contributed by atoms with Gasteiger partial charge in [-0.05, 0) is 13.8 Å². The molecule has 0 rings (SSSR count). The summed E-state index contributed by atoms with van der Waals surface area (Å²) < 4.78 is 0. The third-order valence-electron chi connectivity index (χ3n) is 1.44. The Morgan fingerprint density at radius 1 is 1.45 bits per heavy atom. The van der Waals surface area contributed by atoms with Crippen LogP contribution in [0.5, 0.6) is 0 Å². The van der Waals surface area contributed by atoms with Gasteiger partial charge in [-0.25, -0.2) is 0 Å². The molecular formula is C10H16O. The molecule has 0 aromatic rings. The molecule has 0 saturated carbocycles. The molecule has 0 amide bonds. The molecule has 1 N–H and O–H groups in total. The smallest absolute Gasteiger partial charge is 0.0531 e. The van der Waals surface area contributed by atoms with Crippen LogP contribution in [0.4, 0.5) is 0 Å². The minimum Gasteiger partial charge on any atom is -0.395 e. The van der Waals surface area contributed by atoms with Crippen molar-refractivity contribution in [2.75, 3.05) is 6.61 Å². The number of aliphatic hydroxyl groups is 1. The van der Waals surface area contributed by atoms with Gasteiger partial charge in [0.15, 0.2) is 0 Å². The standard InChI is InChI=1S/C10H16O/c1-8(2)5-6-10(7-11)9(3)4/h5-6,10-11H,1,3,7H2,2,4H3/b6-5+/t10-/m0/s1. The Morgan fingerprint density at radius 3 is 2.27 bits per heavy atom. The van der Waals surface area contributed by atoms with E-state index in [1.54, 1.807) is 0 Å². The maximum Gasteiger partial charge on any atom is 0.0531 e. The zero-order valence-electron chi connectivity index (χ0n) is 7.30. The van der Waals surface area contributed by atoms with Gasteiger partial charge < -0.3 is 5.11 Å². The summed E-state index contributed by atoms with van der Waals surface area (Å²) in [7, 11) is 0. The van der Waals surface area contributed by atoms with Crippen LogP contribution >= 0.6 is 0 Å². The van der Waals surface area contributed by atoms with Gasteiger partial charge in [0.2, 0.25) is 0 Å². The highest BCUT2D eigenvalue weighted by molar-refractivity contribution is 5.16. The third-order valence-corrected chi connectivity index (χ3v) is 1.44. The molecule has 0 aliphatic rings. The van der Waals surface area contributed by atoms with Crippen molar-refractivity contribution in [3.05, 3.63) is 36.5 Å². The van der Waals surface area contributed by atoms with Gasteiger partial charge in [-0.15, -0.1) is 0 Å². The lowest BCUT2D eigenvalue weighted by atomic mass is 10.0. The molecule has 0 bridgehead atoms. The zero-order chi connectivity index (χ0) is 8.85. The fraction of sp³-hybridized carbons (Fsp3) is 0.400. The minimum absolute atomic E-state index is 0.0756. The summed E-state index contributed by atoms with van der Waals surface area (Å²) in [6.45, 7) is 11.4. The molecule has 1 nitrogen and oxygen atoms in total. The van der Waals surface area contributed by atoms with Crippen molar-refractivity contribution in [3.8, 4) is 0 Å². The van der Waals surface area contributed by atoms with Gasteiger partial charge in [-0.3, -0.25) is 0 Å². The molecule has 1 heteroatoms. The third kappa shape index (κ3) is 4.57. The number of allylic oxidation sites excluding steroid dienone is 2. The average Bonchev–Trinajstić information content (AvgIpc) is 1.87. The summed E-state index contributed by atoms with van der Waals surface area (Å²) in [5, 5.41) is 8.87. The maximum atomic E-state index is 8.87. The van der Waals surface area contributed by atoms with E-state index in [9.17, 15) is 0 Å². The Kier molecular flexibility index (Phi) is 4.55. The van der Waals surface area contributed by atoms with Crippen molar-refractivity contribution >= 4 is 0 Å². The van der Waals surface area contributed by atoms with Crippen molar-refractivity contribution in [2.45, 2.75) is 13.8 Å². The molecule has 0 radical (unpaired) electrons. The Balaban J connectivity index is 4.08. The van der Waals surface area contributed by atoms with E-state index in [2.05, 4.69) is 13.2 Å². The summed E-state index contributed by atoms with van der Waals surface area (Å²) in [5.41, 5.74) is 1.97. The van der Waals surface area contributed by atoms with Gasteiger partial charge in [0.05, 0.1) is 6.61 Å². The lowest BCUT2D eigenvalue weighted by molar-refractivity contribution is 0.269. The first kappa shape index (κ1) is 10.2. The fourth-order valence-electron chi connectivity index (χ4n) is 0.661. The minimum atomic E-state index is 0.0756. The van der Waals surface area contributed by atoms with Crippen molar-refractivity contribution in [3.63, 3.8) is 0 Å². The molecule has 0 fully saturated rings. The van der Waals surface area contributed by atoms with Crippen LogP contribution in [0.2, 0.25) is 0 Å². The first-order valence-corrected chi connectivity index (χ1v) is 3.68. The van der Waals surface area contributed by atoms with E-state index in [0.29, 0.717) is 0 Å². The van der Waals surface area contributed by atoms with Gasteiger partial charge in [-0.2, -0.15) is 0 Å². The van der Waals surface area contributed by atoms with Crippen LogP contribution in [0.25, 0.3) is 0 Å². The predicted molar refractivity (Wildman–Crippen MR) is 49.3 cm³/mol. The largest absolute Gasteiger partial charge is 0.395 e. The van der Waals surface area contributed by atoms with Gasteiger partial charge in [0, 0.05) is 5.92 Å². The lowest BCUT2D eigenvalue weighted by Gasteiger charge is -2.07. The Labute approximate surface area is 68.7 Å². The van der Waals surface area contributed by atoms with Crippen LogP contribution in [0.3, 0.4) is 0 Å². The monoisotopic (exact) mass is 152 g/mol. The topological polar surface area (TPSA) is 20.2 Å². The molecule has 0 aliphatic heterocycles. The van der Waals surface area contributed by atoms with Crippen LogP contribution < -0.4 is 0 Å². The van der Waals surface area contributed by atoms with E-state index >= 15 is 0 Å². The fourth-order valence-corrected chi connectivity index (χ4v) is 0.661. The van der Waals surface area contributed by atoms with E-state index in [-0.39, 0.29) is 12.5 Å². The van der Waals surface area contributed by atoms with Crippen LogP contribution in [0.15, 0.2) is 36.5 Å². The van der Waals surface area contributed by atoms with E-state index < -0.39 is 0 Å². The highest BCUT2D eigenvalue weighted by Crippen LogP contribution is 2.09. The summed E-state index contributed by atoms with van der Waals surface area (Å²) in [6.07, 6.45) is 3.82. The quantitative estimate of drug-likeness (QED) is 0.484. The molecule has 11 heavy (non-hydrogen) atoms. The second kappa shape index (κ2) is 4.91. The number of aliphatic hydroxyl groups excluding tert-OH is 1. The molecule has 1 atom stereocenters. The molecule has 62 valence electrons. The summed E-state index contributed by atoms with van der Waals surface area (Å²) in [6, 6.07) is 0. The van der Waals surface area contributed by atoms with E-state index in [1.807, 2.05) is 26.0 Å². The van der Waals surface area contributed by atoms with E-state index in [0.717, 1.165) is 11.1 Å². The van der Waals surface area contributed by atoms with Gasteiger partial charge in [0.25, 0.3) is 0 Å². The zero-order valence-corrected chi connectivity index (χ0v) is 7.30. The van der Waals surface area contributed by atoms with Crippen molar-refractivity contribution in [1.82, 2.24) is 0 Å². The molecule has 0 heterocycles. The van der Waals surface area contributed by atoms with Crippen molar-refractivity contribution < 1.29 is 5.11 Å². The number of hydrogen-bond donors (Lipinski definition) is 1. The predicted octanol–water partition coefficient (Wildman–Crippen LogP) is 2.30. The second-order valence-corrected chi connectivity index (χ2v) is 2.84. The van der Waals surface area contributed by atoms with Crippen molar-refractivity contribution in [1.29, 1.82) is 0 Å². The first-order valence-electron chi connectivity index (χ1n) is 3.68. The number of rotatable bonds is 4. The summed E-state index contributed by atoms with van der Waals surface area (Å²) in [4.78, 5) is 0. The molecule has 0 saturated heterocycles. The van der Waals surface area contributed by atoms with Crippen LogP contribution in [-0.4, -0.2) is 11.7 Å². The molecule has 0 spiro atoms. The Morgan fingerprint density at radius 2 is 2.00 bits per heavy atom. The van der Waals surface area contributed by atoms with Crippen molar-refractivity contribution in [2.24, 2.45) is 5.92 Å². The molecule has 0 aromatic carbocycles. The summed E-state index contributed by atoms with van der Waals surface area (Å²) in [5.74, 6) is 0.0756. The highest BCUT2D eigenvalue weighted by atomic mass is 16.3. The second-order valence-electron chi connectivity index (χ2n) is 2.84. The van der Waals surface area contributed by atoms with E-state index in [4.69, 9.17) is 5.11 Å².